The van der Waals surface area contributed by atoms with Crippen LogP contribution in [-0.2, 0) is 4.79 Å². The molecular weight excluding hydrogens is 250 g/mol. The average molecular weight is 262 g/mol. The number of hydrogen-bond acceptors (Lipinski definition) is 3. The second-order valence-electron chi connectivity index (χ2n) is 3.47. The maximum absolute atomic E-state index is 13.5. The standard InChI is InChI=1S/C11H12F2O3S/c1-6(11(14)15)5-17-10-4-7(12)9(16-2)3-8(10)13/h3-4,6H,5H2,1-2H3,(H,14,15). The highest BCUT2D eigenvalue weighted by Gasteiger charge is 2.15. The van der Waals surface area contributed by atoms with Gasteiger partial charge in [0.05, 0.1) is 13.0 Å². The van der Waals surface area contributed by atoms with E-state index in [4.69, 9.17) is 5.11 Å². The minimum atomic E-state index is -0.966. The number of ether oxygens (including phenoxy) is 1. The van der Waals surface area contributed by atoms with Crippen LogP contribution in [0.5, 0.6) is 5.75 Å². The summed E-state index contributed by atoms with van der Waals surface area (Å²) in [7, 11) is 1.25. The molecule has 0 fully saturated rings. The first-order valence-electron chi connectivity index (χ1n) is 4.84. The van der Waals surface area contributed by atoms with Gasteiger partial charge in [-0.2, -0.15) is 0 Å². The Labute approximate surface area is 102 Å². The summed E-state index contributed by atoms with van der Waals surface area (Å²) in [6.07, 6.45) is 0. The Morgan fingerprint density at radius 2 is 2.12 bits per heavy atom. The van der Waals surface area contributed by atoms with Crippen molar-refractivity contribution in [3.63, 3.8) is 0 Å². The summed E-state index contributed by atoms with van der Waals surface area (Å²) < 4.78 is 31.4. The molecule has 0 radical (unpaired) electrons. The van der Waals surface area contributed by atoms with Crippen molar-refractivity contribution in [3.05, 3.63) is 23.8 Å². The summed E-state index contributed by atoms with van der Waals surface area (Å²) in [5.74, 6) is -2.86. The lowest BCUT2D eigenvalue weighted by atomic mass is 10.2. The molecule has 0 spiro atoms. The van der Waals surface area contributed by atoms with Crippen molar-refractivity contribution in [2.24, 2.45) is 5.92 Å². The first-order valence-corrected chi connectivity index (χ1v) is 5.83. The number of carboxylic acids is 1. The molecule has 1 unspecified atom stereocenters. The molecule has 0 saturated carbocycles. The highest BCUT2D eigenvalue weighted by Crippen LogP contribution is 2.29. The molecule has 3 nitrogen and oxygen atoms in total. The maximum atomic E-state index is 13.5. The average Bonchev–Trinajstić information content (AvgIpc) is 2.29. The second-order valence-corrected chi connectivity index (χ2v) is 4.53. The molecular formula is C11H12F2O3S. The molecule has 6 heteroatoms. The molecule has 0 aromatic heterocycles. The minimum absolute atomic E-state index is 0.0800. The van der Waals surface area contributed by atoms with Crippen LogP contribution in [0, 0.1) is 17.6 Å². The first-order chi connectivity index (χ1) is 7.95. The molecule has 94 valence electrons. The monoisotopic (exact) mass is 262 g/mol. The largest absolute Gasteiger partial charge is 0.494 e. The van der Waals surface area contributed by atoms with Gasteiger partial charge >= 0.3 is 5.97 Å². The number of rotatable bonds is 5. The quantitative estimate of drug-likeness (QED) is 0.829. The Kier molecular flexibility index (Phi) is 4.74. The SMILES string of the molecule is COc1cc(F)c(SCC(C)C(=O)O)cc1F. The fourth-order valence-electron chi connectivity index (χ4n) is 1.06. The van der Waals surface area contributed by atoms with Crippen molar-refractivity contribution >= 4 is 17.7 Å². The molecule has 1 aromatic rings. The van der Waals surface area contributed by atoms with Crippen LogP contribution < -0.4 is 4.74 Å². The Hall–Kier alpha value is -1.30. The molecule has 1 N–H and O–H groups in total. The van der Waals surface area contributed by atoms with Gasteiger partial charge in [-0.1, -0.05) is 6.92 Å². The van der Waals surface area contributed by atoms with Gasteiger partial charge in [-0.25, -0.2) is 8.78 Å². The van der Waals surface area contributed by atoms with Crippen LogP contribution in [-0.4, -0.2) is 23.9 Å². The summed E-state index contributed by atoms with van der Waals surface area (Å²) in [5, 5.41) is 8.66. The van der Waals surface area contributed by atoms with Gasteiger partial charge in [0, 0.05) is 16.7 Å². The number of methoxy groups -OCH3 is 1. The Balaban J connectivity index is 2.78. The van der Waals surface area contributed by atoms with Gasteiger partial charge in [-0.15, -0.1) is 11.8 Å². The number of halogens is 2. The van der Waals surface area contributed by atoms with E-state index in [0.29, 0.717) is 0 Å². The predicted octanol–water partition coefficient (Wildman–Crippen LogP) is 2.79. The lowest BCUT2D eigenvalue weighted by molar-refractivity contribution is -0.140. The number of carboxylic acid groups (broad SMARTS) is 1. The number of carbonyl (C=O) groups is 1. The van der Waals surface area contributed by atoms with Crippen LogP contribution in [0.25, 0.3) is 0 Å². The summed E-state index contributed by atoms with van der Waals surface area (Å²) in [4.78, 5) is 10.7. The summed E-state index contributed by atoms with van der Waals surface area (Å²) in [5.41, 5.74) is 0. The molecule has 1 rings (SSSR count). The highest BCUT2D eigenvalue weighted by molar-refractivity contribution is 7.99. The zero-order valence-electron chi connectivity index (χ0n) is 9.37. The summed E-state index contributed by atoms with van der Waals surface area (Å²) in [6.45, 7) is 1.51. The molecule has 17 heavy (non-hydrogen) atoms. The van der Waals surface area contributed by atoms with E-state index in [-0.39, 0.29) is 16.4 Å². The highest BCUT2D eigenvalue weighted by atomic mass is 32.2. The third-order valence-corrected chi connectivity index (χ3v) is 3.41. The molecule has 1 aromatic carbocycles. The number of hydrogen-bond donors (Lipinski definition) is 1. The van der Waals surface area contributed by atoms with E-state index in [1.165, 1.54) is 14.0 Å². The molecule has 0 bridgehead atoms. The third-order valence-electron chi connectivity index (χ3n) is 2.12. The smallest absolute Gasteiger partial charge is 0.307 e. The van der Waals surface area contributed by atoms with Gasteiger partial charge in [-0.05, 0) is 6.07 Å². The molecule has 0 aliphatic carbocycles. The van der Waals surface area contributed by atoms with Gasteiger partial charge in [-0.3, -0.25) is 4.79 Å². The molecule has 1 atom stereocenters. The van der Waals surface area contributed by atoms with Crippen LogP contribution >= 0.6 is 11.8 Å². The first kappa shape index (κ1) is 13.8. The van der Waals surface area contributed by atoms with E-state index in [1.807, 2.05) is 0 Å². The normalized spacial score (nSPS) is 12.2. The molecule has 0 amide bonds. The van der Waals surface area contributed by atoms with Crippen molar-refractivity contribution in [1.29, 1.82) is 0 Å². The van der Waals surface area contributed by atoms with E-state index in [9.17, 15) is 13.6 Å². The van der Waals surface area contributed by atoms with Crippen molar-refractivity contribution in [3.8, 4) is 5.75 Å². The van der Waals surface area contributed by atoms with Crippen LogP contribution in [0.3, 0.4) is 0 Å². The van der Waals surface area contributed by atoms with Crippen LogP contribution in [0.4, 0.5) is 8.78 Å². The van der Waals surface area contributed by atoms with E-state index >= 15 is 0 Å². The van der Waals surface area contributed by atoms with Gasteiger partial charge in [0.1, 0.15) is 5.82 Å². The fraction of sp³-hybridized carbons (Fsp3) is 0.364. The summed E-state index contributed by atoms with van der Waals surface area (Å²) in [6, 6.07) is 1.95. The lowest BCUT2D eigenvalue weighted by Gasteiger charge is -2.08. The predicted molar refractivity (Wildman–Crippen MR) is 60.4 cm³/mol. The van der Waals surface area contributed by atoms with Crippen LogP contribution in [0.1, 0.15) is 6.92 Å². The second kappa shape index (κ2) is 5.86. The Morgan fingerprint density at radius 3 is 2.65 bits per heavy atom. The minimum Gasteiger partial charge on any atom is -0.494 e. The Bertz CT molecular complexity index is 423. The number of benzene rings is 1. The van der Waals surface area contributed by atoms with Crippen LogP contribution in [0.2, 0.25) is 0 Å². The van der Waals surface area contributed by atoms with E-state index in [1.54, 1.807) is 0 Å². The van der Waals surface area contributed by atoms with Gasteiger partial charge in [0.2, 0.25) is 0 Å². The van der Waals surface area contributed by atoms with Crippen molar-refractivity contribution < 1.29 is 23.4 Å². The maximum Gasteiger partial charge on any atom is 0.307 e. The number of thioether (sulfide) groups is 1. The van der Waals surface area contributed by atoms with Crippen LogP contribution in [0.15, 0.2) is 17.0 Å². The molecule has 0 aliphatic rings. The van der Waals surface area contributed by atoms with Gasteiger partial charge < -0.3 is 9.84 Å². The molecule has 0 saturated heterocycles. The van der Waals surface area contributed by atoms with Gasteiger partial charge in [0.15, 0.2) is 11.6 Å². The fourth-order valence-corrected chi connectivity index (χ4v) is 2.02. The zero-order chi connectivity index (χ0) is 13.0. The van der Waals surface area contributed by atoms with E-state index in [0.717, 1.165) is 23.9 Å². The van der Waals surface area contributed by atoms with Crippen molar-refractivity contribution in [2.75, 3.05) is 12.9 Å². The number of aliphatic carboxylic acids is 1. The Morgan fingerprint density at radius 1 is 1.47 bits per heavy atom. The van der Waals surface area contributed by atoms with Crippen molar-refractivity contribution in [1.82, 2.24) is 0 Å². The summed E-state index contributed by atoms with van der Waals surface area (Å²) >= 11 is 0.965. The molecule has 0 aliphatic heterocycles. The molecule has 0 heterocycles. The van der Waals surface area contributed by atoms with Crippen molar-refractivity contribution in [2.45, 2.75) is 11.8 Å². The van der Waals surface area contributed by atoms with Gasteiger partial charge in [0.25, 0.3) is 0 Å². The van der Waals surface area contributed by atoms with E-state index < -0.39 is 23.5 Å². The van der Waals surface area contributed by atoms with E-state index in [2.05, 4.69) is 4.74 Å². The zero-order valence-corrected chi connectivity index (χ0v) is 10.2. The lowest BCUT2D eigenvalue weighted by Crippen LogP contribution is -2.11. The third kappa shape index (κ3) is 3.59. The topological polar surface area (TPSA) is 46.5 Å².